The average Bonchev–Trinajstić information content (AvgIpc) is 2.85. The molecule has 2 rings (SSSR count). The number of benzene rings is 1. The number of nitrogens with zero attached hydrogens (tertiary/aromatic N) is 1. The van der Waals surface area contributed by atoms with Gasteiger partial charge in [-0.2, -0.15) is 0 Å². The van der Waals surface area contributed by atoms with Gasteiger partial charge in [-0.05, 0) is 31.5 Å². The molecule has 1 heterocycles. The van der Waals surface area contributed by atoms with Gasteiger partial charge >= 0.3 is 0 Å². The van der Waals surface area contributed by atoms with Crippen LogP contribution >= 0.6 is 12.4 Å². The quantitative estimate of drug-likeness (QED) is 0.875. The molecule has 1 N–H and O–H groups in total. The summed E-state index contributed by atoms with van der Waals surface area (Å²) in [6.07, 6.45) is 1.25. The molecule has 1 aromatic rings. The second kappa shape index (κ2) is 7.87. The second-order valence-electron chi connectivity index (χ2n) is 6.09. The van der Waals surface area contributed by atoms with E-state index in [1.165, 1.54) is 12.0 Å². The number of halogens is 1. The van der Waals surface area contributed by atoms with Crippen LogP contribution in [-0.4, -0.2) is 45.8 Å². The molecule has 120 valence electrons. The lowest BCUT2D eigenvalue weighted by molar-refractivity contribution is 0.201. The van der Waals surface area contributed by atoms with E-state index in [1.807, 2.05) is 12.1 Å². The Balaban J connectivity index is 0.00000220. The first-order valence-corrected chi connectivity index (χ1v) is 7.16. The molecule has 1 saturated heterocycles. The van der Waals surface area contributed by atoms with Gasteiger partial charge in [0.2, 0.25) is 0 Å². The molecule has 1 aromatic carbocycles. The van der Waals surface area contributed by atoms with Crippen molar-refractivity contribution in [2.24, 2.45) is 5.41 Å². The molecular formula is C16H27ClN2O2. The largest absolute Gasteiger partial charge is 0.497 e. The van der Waals surface area contributed by atoms with Crippen LogP contribution in [0.15, 0.2) is 18.2 Å². The maximum Gasteiger partial charge on any atom is 0.127 e. The Morgan fingerprint density at radius 1 is 1.29 bits per heavy atom. The van der Waals surface area contributed by atoms with Gasteiger partial charge in [-0.1, -0.05) is 13.0 Å². The molecule has 0 saturated carbocycles. The van der Waals surface area contributed by atoms with E-state index >= 15 is 0 Å². The van der Waals surface area contributed by atoms with E-state index in [2.05, 4.69) is 30.3 Å². The second-order valence-corrected chi connectivity index (χ2v) is 6.09. The first-order valence-electron chi connectivity index (χ1n) is 7.16. The van der Waals surface area contributed by atoms with Crippen molar-refractivity contribution in [1.82, 2.24) is 10.2 Å². The summed E-state index contributed by atoms with van der Waals surface area (Å²) in [7, 11) is 5.56. The number of rotatable bonds is 6. The van der Waals surface area contributed by atoms with Crippen molar-refractivity contribution in [2.45, 2.75) is 19.9 Å². The molecule has 21 heavy (non-hydrogen) atoms. The summed E-state index contributed by atoms with van der Waals surface area (Å²) >= 11 is 0. The van der Waals surface area contributed by atoms with Crippen molar-refractivity contribution < 1.29 is 9.47 Å². The van der Waals surface area contributed by atoms with Crippen molar-refractivity contribution in [3.63, 3.8) is 0 Å². The number of ether oxygens (including phenoxy) is 2. The maximum absolute atomic E-state index is 5.46. The van der Waals surface area contributed by atoms with Crippen LogP contribution in [0.3, 0.4) is 0 Å². The van der Waals surface area contributed by atoms with Gasteiger partial charge in [0.25, 0.3) is 0 Å². The average molecular weight is 315 g/mol. The Labute approximate surface area is 134 Å². The monoisotopic (exact) mass is 314 g/mol. The molecule has 0 radical (unpaired) electrons. The minimum absolute atomic E-state index is 0. The van der Waals surface area contributed by atoms with Crippen molar-refractivity contribution in [1.29, 1.82) is 0 Å². The van der Waals surface area contributed by atoms with E-state index in [9.17, 15) is 0 Å². The Hall–Kier alpha value is -0.970. The summed E-state index contributed by atoms with van der Waals surface area (Å²) in [4.78, 5) is 2.37. The van der Waals surface area contributed by atoms with Crippen molar-refractivity contribution in [2.75, 3.05) is 40.9 Å². The number of nitrogens with one attached hydrogen (secondary N) is 1. The van der Waals surface area contributed by atoms with Crippen LogP contribution in [-0.2, 0) is 6.54 Å². The predicted molar refractivity (Wildman–Crippen MR) is 88.7 cm³/mol. The first kappa shape index (κ1) is 18.1. The molecular weight excluding hydrogens is 288 g/mol. The van der Waals surface area contributed by atoms with Crippen LogP contribution in [0, 0.1) is 5.41 Å². The van der Waals surface area contributed by atoms with Crippen molar-refractivity contribution >= 4 is 12.4 Å². The third-order valence-electron chi connectivity index (χ3n) is 4.04. The van der Waals surface area contributed by atoms with Crippen LogP contribution in [0.25, 0.3) is 0 Å². The molecule has 5 heteroatoms. The summed E-state index contributed by atoms with van der Waals surface area (Å²) < 4.78 is 10.7. The summed E-state index contributed by atoms with van der Waals surface area (Å²) in [5, 5.41) is 3.45. The summed E-state index contributed by atoms with van der Waals surface area (Å²) in [6.45, 7) is 6.58. The van der Waals surface area contributed by atoms with Gasteiger partial charge in [0.1, 0.15) is 11.5 Å². The highest BCUT2D eigenvalue weighted by Gasteiger charge is 2.29. The van der Waals surface area contributed by atoms with Gasteiger partial charge in [0.05, 0.1) is 14.2 Å². The van der Waals surface area contributed by atoms with E-state index in [1.54, 1.807) is 14.2 Å². The SMILES string of the molecule is COc1ccc(CN(C)CC2(C)CCNC2)c(OC)c1.Cl. The lowest BCUT2D eigenvalue weighted by Gasteiger charge is -2.29. The maximum atomic E-state index is 5.46. The third kappa shape index (κ3) is 4.77. The van der Waals surface area contributed by atoms with E-state index in [-0.39, 0.29) is 12.4 Å². The Bertz CT molecular complexity index is 448. The molecule has 1 unspecified atom stereocenters. The fourth-order valence-electron chi connectivity index (χ4n) is 2.98. The fraction of sp³-hybridized carbons (Fsp3) is 0.625. The zero-order valence-electron chi connectivity index (χ0n) is 13.4. The van der Waals surface area contributed by atoms with Gasteiger partial charge in [0, 0.05) is 31.3 Å². The zero-order chi connectivity index (χ0) is 14.6. The van der Waals surface area contributed by atoms with Crippen LogP contribution < -0.4 is 14.8 Å². The molecule has 0 spiro atoms. The molecule has 0 amide bonds. The lowest BCUT2D eigenvalue weighted by atomic mass is 9.89. The fourth-order valence-corrected chi connectivity index (χ4v) is 2.98. The van der Waals surface area contributed by atoms with E-state index in [4.69, 9.17) is 9.47 Å². The smallest absolute Gasteiger partial charge is 0.127 e. The van der Waals surface area contributed by atoms with E-state index in [0.29, 0.717) is 5.41 Å². The minimum Gasteiger partial charge on any atom is -0.497 e. The summed E-state index contributed by atoms with van der Waals surface area (Å²) in [6, 6.07) is 6.02. The topological polar surface area (TPSA) is 33.7 Å². The Morgan fingerprint density at radius 3 is 2.62 bits per heavy atom. The van der Waals surface area contributed by atoms with Gasteiger partial charge in [-0.15, -0.1) is 12.4 Å². The summed E-state index contributed by atoms with van der Waals surface area (Å²) in [5.74, 6) is 1.73. The predicted octanol–water partition coefficient (Wildman–Crippen LogP) is 2.56. The van der Waals surface area contributed by atoms with Crippen LogP contribution in [0.1, 0.15) is 18.9 Å². The van der Waals surface area contributed by atoms with Gasteiger partial charge < -0.3 is 19.7 Å². The highest BCUT2D eigenvalue weighted by molar-refractivity contribution is 5.85. The standard InChI is InChI=1S/C16H26N2O2.ClH/c1-16(7-8-17-11-16)12-18(2)10-13-5-6-14(19-3)9-15(13)20-4;/h5-6,9,17H,7-8,10-12H2,1-4H3;1H. The molecule has 0 aliphatic carbocycles. The third-order valence-corrected chi connectivity index (χ3v) is 4.04. The lowest BCUT2D eigenvalue weighted by Crippen LogP contribution is -2.34. The molecule has 4 nitrogen and oxygen atoms in total. The highest BCUT2D eigenvalue weighted by Crippen LogP contribution is 2.28. The van der Waals surface area contributed by atoms with Gasteiger partial charge in [-0.3, -0.25) is 0 Å². The van der Waals surface area contributed by atoms with Crippen LogP contribution in [0.2, 0.25) is 0 Å². The molecule has 1 aliphatic heterocycles. The molecule has 1 fully saturated rings. The van der Waals surface area contributed by atoms with Gasteiger partial charge in [0.15, 0.2) is 0 Å². The van der Waals surface area contributed by atoms with Crippen molar-refractivity contribution in [3.8, 4) is 11.5 Å². The van der Waals surface area contributed by atoms with Crippen LogP contribution in [0.5, 0.6) is 11.5 Å². The number of hydrogen-bond donors (Lipinski definition) is 1. The molecule has 1 aliphatic rings. The number of methoxy groups -OCH3 is 2. The zero-order valence-corrected chi connectivity index (χ0v) is 14.3. The van der Waals surface area contributed by atoms with E-state index < -0.39 is 0 Å². The summed E-state index contributed by atoms with van der Waals surface area (Å²) in [5.41, 5.74) is 1.58. The molecule has 0 aromatic heterocycles. The highest BCUT2D eigenvalue weighted by atomic mass is 35.5. The Morgan fingerprint density at radius 2 is 2.05 bits per heavy atom. The molecule has 0 bridgehead atoms. The normalized spacial score (nSPS) is 21.2. The minimum atomic E-state index is 0. The van der Waals surface area contributed by atoms with E-state index in [0.717, 1.165) is 37.7 Å². The van der Waals surface area contributed by atoms with Gasteiger partial charge in [-0.25, -0.2) is 0 Å². The molecule has 1 atom stereocenters. The first-order chi connectivity index (χ1) is 9.56. The number of hydrogen-bond acceptors (Lipinski definition) is 4. The van der Waals surface area contributed by atoms with Crippen LogP contribution in [0.4, 0.5) is 0 Å². The van der Waals surface area contributed by atoms with Crippen molar-refractivity contribution in [3.05, 3.63) is 23.8 Å². The Kier molecular flexibility index (Phi) is 6.78.